The molecule has 2 rings (SSSR count). The number of halogens is 1. The van der Waals surface area contributed by atoms with Crippen LogP contribution in [0.5, 0.6) is 0 Å². The number of pyridine rings is 1. The predicted octanol–water partition coefficient (Wildman–Crippen LogP) is 1.77. The number of anilines is 1. The van der Waals surface area contributed by atoms with Crippen LogP contribution in [0.2, 0.25) is 0 Å². The average molecular weight is 290 g/mol. The molecule has 0 aliphatic heterocycles. The number of amides is 1. The van der Waals surface area contributed by atoms with Crippen molar-refractivity contribution in [2.24, 2.45) is 0 Å². The molecule has 1 aromatic carbocycles. The highest BCUT2D eigenvalue weighted by Gasteiger charge is 2.14. The van der Waals surface area contributed by atoms with Gasteiger partial charge in [0.15, 0.2) is 5.43 Å². The lowest BCUT2D eigenvalue weighted by molar-refractivity contribution is 0.0692. The molecule has 0 fully saturated rings. The number of aromatic amines is 1. The van der Waals surface area contributed by atoms with E-state index in [9.17, 15) is 18.8 Å². The topological polar surface area (TPSA) is 99.3 Å². The summed E-state index contributed by atoms with van der Waals surface area (Å²) in [6, 6.07) is 4.42. The van der Waals surface area contributed by atoms with Crippen molar-refractivity contribution in [3.63, 3.8) is 0 Å². The largest absolute Gasteiger partial charge is 0.478 e. The second-order valence-corrected chi connectivity index (χ2v) is 4.35. The second-order valence-electron chi connectivity index (χ2n) is 4.35. The molecule has 0 unspecified atom stereocenters. The van der Waals surface area contributed by atoms with Gasteiger partial charge in [0.25, 0.3) is 5.91 Å². The van der Waals surface area contributed by atoms with Crippen molar-refractivity contribution in [3.8, 4) is 0 Å². The number of rotatable bonds is 3. The third-order valence-electron chi connectivity index (χ3n) is 2.76. The Balaban J connectivity index is 2.26. The van der Waals surface area contributed by atoms with Crippen molar-refractivity contribution in [2.75, 3.05) is 5.32 Å². The third-order valence-corrected chi connectivity index (χ3v) is 2.76. The summed E-state index contributed by atoms with van der Waals surface area (Å²) < 4.78 is 13.5. The number of carbonyl (C=O) groups excluding carboxylic acids is 1. The van der Waals surface area contributed by atoms with Crippen LogP contribution in [-0.4, -0.2) is 22.0 Å². The molecule has 6 nitrogen and oxygen atoms in total. The van der Waals surface area contributed by atoms with E-state index in [1.165, 1.54) is 18.3 Å². The molecule has 0 aliphatic carbocycles. The third kappa shape index (κ3) is 3.14. The first-order chi connectivity index (χ1) is 9.88. The van der Waals surface area contributed by atoms with Gasteiger partial charge in [0.05, 0.1) is 5.56 Å². The maximum Gasteiger partial charge on any atom is 0.338 e. The highest BCUT2D eigenvalue weighted by Crippen LogP contribution is 2.15. The van der Waals surface area contributed by atoms with Gasteiger partial charge in [0.1, 0.15) is 11.4 Å². The standard InChI is InChI=1S/C14H11FN2O4/c1-7-4-12(18)10(6-16-7)13(19)17-8-2-3-9(14(20)21)11(15)5-8/h2-6H,1H3,(H,16,18)(H,17,19)(H,20,21). The van der Waals surface area contributed by atoms with Gasteiger partial charge in [-0.15, -0.1) is 0 Å². The van der Waals surface area contributed by atoms with Crippen LogP contribution in [0.1, 0.15) is 26.4 Å². The fourth-order valence-corrected chi connectivity index (χ4v) is 1.72. The minimum atomic E-state index is -1.40. The zero-order valence-electron chi connectivity index (χ0n) is 10.9. The number of benzene rings is 1. The van der Waals surface area contributed by atoms with Crippen LogP contribution < -0.4 is 10.7 Å². The van der Waals surface area contributed by atoms with Crippen LogP contribution in [0.4, 0.5) is 10.1 Å². The van der Waals surface area contributed by atoms with Gasteiger partial charge in [0, 0.05) is 23.6 Å². The Bertz CT molecular complexity index is 783. The van der Waals surface area contributed by atoms with Gasteiger partial charge in [-0.3, -0.25) is 9.59 Å². The predicted molar refractivity (Wildman–Crippen MR) is 73.1 cm³/mol. The number of carboxylic acid groups (broad SMARTS) is 1. The monoisotopic (exact) mass is 290 g/mol. The van der Waals surface area contributed by atoms with Gasteiger partial charge < -0.3 is 15.4 Å². The number of aryl methyl sites for hydroxylation is 1. The van der Waals surface area contributed by atoms with E-state index in [0.717, 1.165) is 12.1 Å². The number of hydrogen-bond donors (Lipinski definition) is 3. The summed E-state index contributed by atoms with van der Waals surface area (Å²) in [4.78, 5) is 37.0. The van der Waals surface area contributed by atoms with Crippen LogP contribution in [0, 0.1) is 12.7 Å². The van der Waals surface area contributed by atoms with Gasteiger partial charge in [-0.1, -0.05) is 0 Å². The minimum Gasteiger partial charge on any atom is -0.478 e. The van der Waals surface area contributed by atoms with E-state index < -0.39 is 28.7 Å². The van der Waals surface area contributed by atoms with Crippen molar-refractivity contribution in [3.05, 3.63) is 63.3 Å². The zero-order valence-corrected chi connectivity index (χ0v) is 10.9. The van der Waals surface area contributed by atoms with Crippen molar-refractivity contribution < 1.29 is 19.1 Å². The summed E-state index contributed by atoms with van der Waals surface area (Å²) in [7, 11) is 0. The average Bonchev–Trinajstić information content (AvgIpc) is 2.37. The molecule has 0 spiro atoms. The number of H-pyrrole nitrogens is 1. The maximum atomic E-state index is 13.5. The van der Waals surface area contributed by atoms with Crippen molar-refractivity contribution in [1.29, 1.82) is 0 Å². The number of carboxylic acids is 1. The maximum absolute atomic E-state index is 13.5. The molecule has 1 heterocycles. The Morgan fingerprint density at radius 1 is 1.24 bits per heavy atom. The lowest BCUT2D eigenvalue weighted by Gasteiger charge is -2.06. The first kappa shape index (κ1) is 14.4. The summed E-state index contributed by atoms with van der Waals surface area (Å²) in [5.74, 6) is -3.09. The molecule has 108 valence electrons. The number of nitrogens with one attached hydrogen (secondary N) is 2. The molecule has 0 radical (unpaired) electrons. The van der Waals surface area contributed by atoms with Crippen molar-refractivity contribution in [2.45, 2.75) is 6.92 Å². The van der Waals surface area contributed by atoms with Gasteiger partial charge in [-0.05, 0) is 25.1 Å². The molecule has 2 aromatic rings. The molecule has 0 atom stereocenters. The smallest absolute Gasteiger partial charge is 0.338 e. The molecule has 0 saturated heterocycles. The van der Waals surface area contributed by atoms with Gasteiger partial charge in [0.2, 0.25) is 0 Å². The Morgan fingerprint density at radius 2 is 1.95 bits per heavy atom. The van der Waals surface area contributed by atoms with E-state index in [2.05, 4.69) is 10.3 Å². The number of aromatic carboxylic acids is 1. The molecular weight excluding hydrogens is 279 g/mol. The normalized spacial score (nSPS) is 10.2. The molecule has 1 aromatic heterocycles. The minimum absolute atomic E-state index is 0.0578. The zero-order chi connectivity index (χ0) is 15.6. The summed E-state index contributed by atoms with van der Waals surface area (Å²) in [6.45, 7) is 1.67. The summed E-state index contributed by atoms with van der Waals surface area (Å²) in [6.07, 6.45) is 1.26. The lowest BCUT2D eigenvalue weighted by atomic mass is 10.2. The SMILES string of the molecule is Cc1cc(=O)c(C(=O)Nc2ccc(C(=O)O)c(F)c2)c[nH]1. The first-order valence-corrected chi connectivity index (χ1v) is 5.92. The molecule has 0 bridgehead atoms. The molecule has 7 heteroatoms. The lowest BCUT2D eigenvalue weighted by Crippen LogP contribution is -2.21. The fraction of sp³-hybridized carbons (Fsp3) is 0.0714. The van der Waals surface area contributed by atoms with Gasteiger partial charge in [-0.25, -0.2) is 9.18 Å². The van der Waals surface area contributed by atoms with E-state index in [-0.39, 0.29) is 11.3 Å². The van der Waals surface area contributed by atoms with E-state index in [0.29, 0.717) is 5.69 Å². The van der Waals surface area contributed by atoms with Gasteiger partial charge >= 0.3 is 5.97 Å². The van der Waals surface area contributed by atoms with Crippen LogP contribution in [0.25, 0.3) is 0 Å². The van der Waals surface area contributed by atoms with Gasteiger partial charge in [-0.2, -0.15) is 0 Å². The van der Waals surface area contributed by atoms with Crippen molar-refractivity contribution >= 4 is 17.6 Å². The number of aromatic nitrogens is 1. The van der Waals surface area contributed by atoms with Crippen LogP contribution in [-0.2, 0) is 0 Å². The van der Waals surface area contributed by atoms with E-state index in [1.54, 1.807) is 6.92 Å². The first-order valence-electron chi connectivity index (χ1n) is 5.92. The molecule has 0 saturated carbocycles. The highest BCUT2D eigenvalue weighted by molar-refractivity contribution is 6.04. The van der Waals surface area contributed by atoms with E-state index in [1.807, 2.05) is 0 Å². The summed E-state index contributed by atoms with van der Waals surface area (Å²) in [5.41, 5.74) is -0.424. The number of carbonyl (C=O) groups is 2. The summed E-state index contributed by atoms with van der Waals surface area (Å²) >= 11 is 0. The van der Waals surface area contributed by atoms with Crippen molar-refractivity contribution in [1.82, 2.24) is 4.98 Å². The fourth-order valence-electron chi connectivity index (χ4n) is 1.72. The molecule has 0 aliphatic rings. The molecular formula is C14H11FN2O4. The Kier molecular flexibility index (Phi) is 3.84. The van der Waals surface area contributed by atoms with E-state index in [4.69, 9.17) is 5.11 Å². The Hall–Kier alpha value is -2.96. The number of hydrogen-bond acceptors (Lipinski definition) is 3. The highest BCUT2D eigenvalue weighted by atomic mass is 19.1. The molecule has 3 N–H and O–H groups in total. The quantitative estimate of drug-likeness (QED) is 0.802. The Labute approximate surface area is 118 Å². The van der Waals surface area contributed by atoms with Crippen LogP contribution in [0.15, 0.2) is 35.3 Å². The van der Waals surface area contributed by atoms with Crippen LogP contribution in [0.3, 0.4) is 0 Å². The molecule has 1 amide bonds. The van der Waals surface area contributed by atoms with E-state index >= 15 is 0 Å². The molecule has 21 heavy (non-hydrogen) atoms. The Morgan fingerprint density at radius 3 is 2.52 bits per heavy atom. The second kappa shape index (κ2) is 5.58. The van der Waals surface area contributed by atoms with Crippen LogP contribution >= 0.6 is 0 Å². The summed E-state index contributed by atoms with van der Waals surface area (Å²) in [5, 5.41) is 11.0.